The molecule has 0 aliphatic rings. The normalized spacial score (nSPS) is 14.0. The van der Waals surface area contributed by atoms with Gasteiger partial charge in [-0.05, 0) is 48.4 Å². The van der Waals surface area contributed by atoms with E-state index in [2.05, 4.69) is 13.8 Å². The van der Waals surface area contributed by atoms with Crippen LogP contribution in [0.1, 0.15) is 44.7 Å². The number of carboxylic acids is 1. The van der Waals surface area contributed by atoms with Crippen molar-refractivity contribution in [1.29, 1.82) is 0 Å². The summed E-state index contributed by atoms with van der Waals surface area (Å²) in [6.45, 7) is 6.42. The summed E-state index contributed by atoms with van der Waals surface area (Å²) in [5.74, 6) is -1.15. The summed E-state index contributed by atoms with van der Waals surface area (Å²) in [4.78, 5) is 11.7. The van der Waals surface area contributed by atoms with Crippen LogP contribution in [-0.2, 0) is 21.6 Å². The predicted molar refractivity (Wildman–Crippen MR) is 102 cm³/mol. The van der Waals surface area contributed by atoms with E-state index in [9.17, 15) is 15.0 Å². The summed E-state index contributed by atoms with van der Waals surface area (Å²) in [6.07, 6.45) is 0.871. The zero-order valence-electron chi connectivity index (χ0n) is 15.7. The molecule has 0 amide bonds. The fourth-order valence-electron chi connectivity index (χ4n) is 3.05. The molecule has 0 fully saturated rings. The number of carbonyl (C=O) groups is 1. The first kappa shape index (κ1) is 20.0. The molecular formula is C22H28O4. The molecule has 0 saturated carbocycles. The van der Waals surface area contributed by atoms with Crippen LogP contribution in [0.2, 0.25) is 0 Å². The van der Waals surface area contributed by atoms with Crippen LogP contribution in [0.15, 0.2) is 54.6 Å². The molecule has 0 heterocycles. The lowest BCUT2D eigenvalue weighted by molar-refractivity contribution is -0.148. The molecular weight excluding hydrogens is 328 g/mol. The highest BCUT2D eigenvalue weighted by atomic mass is 16.5. The SMILES string of the molecule is CC(OCc1ccccc1)C(CCC(C)(C)c1ccc(O)cc1)C(=O)O. The summed E-state index contributed by atoms with van der Waals surface area (Å²) in [7, 11) is 0. The quantitative estimate of drug-likeness (QED) is 0.680. The number of carboxylic acid groups (broad SMARTS) is 1. The number of benzene rings is 2. The second-order valence-corrected chi connectivity index (χ2v) is 7.42. The topological polar surface area (TPSA) is 66.8 Å². The van der Waals surface area contributed by atoms with Gasteiger partial charge < -0.3 is 14.9 Å². The summed E-state index contributed by atoms with van der Waals surface area (Å²) < 4.78 is 5.82. The van der Waals surface area contributed by atoms with E-state index >= 15 is 0 Å². The first-order valence-corrected chi connectivity index (χ1v) is 8.97. The third kappa shape index (κ3) is 5.60. The van der Waals surface area contributed by atoms with Crippen LogP contribution in [0.4, 0.5) is 0 Å². The van der Waals surface area contributed by atoms with Crippen molar-refractivity contribution in [3.8, 4) is 5.75 Å². The molecule has 2 unspecified atom stereocenters. The van der Waals surface area contributed by atoms with Gasteiger partial charge in [0.25, 0.3) is 0 Å². The largest absolute Gasteiger partial charge is 0.508 e. The minimum Gasteiger partial charge on any atom is -0.508 e. The number of rotatable bonds is 9. The average Bonchev–Trinajstić information content (AvgIpc) is 2.61. The standard InChI is InChI=1S/C22H28O4/c1-16(26-15-17-7-5-4-6-8-17)20(21(24)25)13-14-22(2,3)18-9-11-19(23)12-10-18/h4-12,16,20,23H,13-15H2,1-3H3,(H,24,25). The van der Waals surface area contributed by atoms with E-state index < -0.39 is 11.9 Å². The Morgan fingerprint density at radius 2 is 1.69 bits per heavy atom. The van der Waals surface area contributed by atoms with Crippen molar-refractivity contribution >= 4 is 5.97 Å². The fourth-order valence-corrected chi connectivity index (χ4v) is 3.05. The zero-order valence-corrected chi connectivity index (χ0v) is 15.7. The predicted octanol–water partition coefficient (Wildman–Crippen LogP) is 4.76. The van der Waals surface area contributed by atoms with Crippen LogP contribution in [-0.4, -0.2) is 22.3 Å². The molecule has 2 N–H and O–H groups in total. The molecule has 2 aromatic carbocycles. The first-order chi connectivity index (χ1) is 12.3. The Hall–Kier alpha value is -2.33. The highest BCUT2D eigenvalue weighted by Crippen LogP contribution is 2.32. The smallest absolute Gasteiger partial charge is 0.309 e. The van der Waals surface area contributed by atoms with E-state index in [-0.39, 0.29) is 17.3 Å². The fraction of sp³-hybridized carbons (Fsp3) is 0.409. The molecule has 26 heavy (non-hydrogen) atoms. The number of phenols is 1. The zero-order chi connectivity index (χ0) is 19.2. The number of ether oxygens (including phenoxy) is 1. The molecule has 4 nitrogen and oxygen atoms in total. The molecule has 0 aromatic heterocycles. The van der Waals surface area contributed by atoms with Gasteiger partial charge in [-0.1, -0.05) is 56.3 Å². The summed E-state index contributed by atoms with van der Waals surface area (Å²) in [5.41, 5.74) is 1.94. The maximum Gasteiger partial charge on any atom is 0.309 e. The molecule has 140 valence electrons. The van der Waals surface area contributed by atoms with Crippen molar-refractivity contribution in [1.82, 2.24) is 0 Å². The van der Waals surface area contributed by atoms with Crippen molar-refractivity contribution in [3.05, 3.63) is 65.7 Å². The molecule has 2 atom stereocenters. The lowest BCUT2D eigenvalue weighted by Gasteiger charge is -2.28. The Labute approximate surface area is 155 Å². The Morgan fingerprint density at radius 1 is 1.08 bits per heavy atom. The van der Waals surface area contributed by atoms with Crippen molar-refractivity contribution in [2.75, 3.05) is 0 Å². The second-order valence-electron chi connectivity index (χ2n) is 7.42. The van der Waals surface area contributed by atoms with Crippen molar-refractivity contribution < 1.29 is 19.7 Å². The van der Waals surface area contributed by atoms with Crippen molar-refractivity contribution in [2.45, 2.75) is 51.7 Å². The van der Waals surface area contributed by atoms with Crippen LogP contribution >= 0.6 is 0 Å². The van der Waals surface area contributed by atoms with Crippen molar-refractivity contribution in [2.24, 2.45) is 5.92 Å². The summed E-state index contributed by atoms with van der Waals surface area (Å²) in [6, 6.07) is 16.9. The van der Waals surface area contributed by atoms with Crippen molar-refractivity contribution in [3.63, 3.8) is 0 Å². The number of aromatic hydroxyl groups is 1. The molecule has 0 spiro atoms. The number of hydrogen-bond donors (Lipinski definition) is 2. The monoisotopic (exact) mass is 356 g/mol. The van der Waals surface area contributed by atoms with Crippen LogP contribution in [0, 0.1) is 5.92 Å². The number of hydrogen-bond acceptors (Lipinski definition) is 3. The third-order valence-electron chi connectivity index (χ3n) is 4.97. The van der Waals surface area contributed by atoms with E-state index in [0.717, 1.165) is 11.1 Å². The minimum absolute atomic E-state index is 0.180. The molecule has 2 aromatic rings. The third-order valence-corrected chi connectivity index (χ3v) is 4.97. The Kier molecular flexibility index (Phi) is 6.81. The van der Waals surface area contributed by atoms with Gasteiger partial charge in [-0.15, -0.1) is 0 Å². The highest BCUT2D eigenvalue weighted by Gasteiger charge is 2.29. The van der Waals surface area contributed by atoms with Gasteiger partial charge in [0.05, 0.1) is 18.6 Å². The Balaban J connectivity index is 1.96. The molecule has 0 saturated heterocycles. The van der Waals surface area contributed by atoms with Gasteiger partial charge in [0.1, 0.15) is 5.75 Å². The van der Waals surface area contributed by atoms with E-state index in [1.165, 1.54) is 0 Å². The summed E-state index contributed by atoms with van der Waals surface area (Å²) in [5, 5.41) is 19.1. The average molecular weight is 356 g/mol. The Morgan fingerprint density at radius 3 is 2.27 bits per heavy atom. The van der Waals surface area contributed by atoms with Gasteiger partial charge in [-0.25, -0.2) is 0 Å². The molecule has 2 rings (SSSR count). The molecule has 0 radical (unpaired) electrons. The second kappa shape index (κ2) is 8.86. The first-order valence-electron chi connectivity index (χ1n) is 8.97. The summed E-state index contributed by atoms with van der Waals surface area (Å²) >= 11 is 0. The molecule has 0 bridgehead atoms. The van der Waals surface area contributed by atoms with Crippen LogP contribution in [0.5, 0.6) is 5.75 Å². The Bertz CT molecular complexity index is 692. The van der Waals surface area contributed by atoms with Crippen LogP contribution < -0.4 is 0 Å². The lowest BCUT2D eigenvalue weighted by atomic mass is 9.78. The van der Waals surface area contributed by atoms with E-state index in [0.29, 0.717) is 19.4 Å². The maximum absolute atomic E-state index is 11.7. The van der Waals surface area contributed by atoms with Crippen LogP contribution in [0.25, 0.3) is 0 Å². The number of aliphatic carboxylic acids is 1. The van der Waals surface area contributed by atoms with E-state index in [1.54, 1.807) is 12.1 Å². The van der Waals surface area contributed by atoms with Gasteiger partial charge in [-0.2, -0.15) is 0 Å². The highest BCUT2D eigenvalue weighted by molar-refractivity contribution is 5.70. The number of phenolic OH excluding ortho intramolecular Hbond substituents is 1. The molecule has 0 aliphatic carbocycles. The van der Waals surface area contributed by atoms with Gasteiger partial charge in [0.15, 0.2) is 0 Å². The van der Waals surface area contributed by atoms with Gasteiger partial charge in [0.2, 0.25) is 0 Å². The minimum atomic E-state index is -0.827. The molecule has 0 aliphatic heterocycles. The molecule has 4 heteroatoms. The van der Waals surface area contributed by atoms with E-state index in [4.69, 9.17) is 4.74 Å². The van der Waals surface area contributed by atoms with E-state index in [1.807, 2.05) is 49.4 Å². The van der Waals surface area contributed by atoms with Crippen LogP contribution in [0.3, 0.4) is 0 Å². The van der Waals surface area contributed by atoms with Gasteiger partial charge in [0, 0.05) is 0 Å². The van der Waals surface area contributed by atoms with Gasteiger partial charge in [-0.3, -0.25) is 4.79 Å². The van der Waals surface area contributed by atoms with Gasteiger partial charge >= 0.3 is 5.97 Å². The lowest BCUT2D eigenvalue weighted by Crippen LogP contribution is -2.30. The maximum atomic E-state index is 11.7.